The number of carboxylic acid groups (broad SMARTS) is 1. The molecule has 13 heavy (non-hydrogen) atoms. The van der Waals surface area contributed by atoms with Gasteiger partial charge in [0, 0.05) is 13.0 Å². The van der Waals surface area contributed by atoms with Gasteiger partial charge in [0.15, 0.2) is 4.87 Å². The molecule has 1 rings (SSSR count). The molecule has 0 radical (unpaired) electrons. The third-order valence-electron chi connectivity index (χ3n) is 2.00. The van der Waals surface area contributed by atoms with Gasteiger partial charge in [-0.2, -0.15) is 0 Å². The van der Waals surface area contributed by atoms with Crippen LogP contribution < -0.4 is 15.8 Å². The minimum atomic E-state index is -3.91. The number of rotatable bonds is 2. The van der Waals surface area contributed by atoms with E-state index in [0.29, 0.717) is 6.54 Å². The first kappa shape index (κ1) is 10.2. The van der Waals surface area contributed by atoms with Crippen LogP contribution in [0.15, 0.2) is 0 Å². The number of nitrogens with one attached hydrogen (secondary N) is 2. The van der Waals surface area contributed by atoms with Crippen LogP contribution in [0.3, 0.4) is 0 Å². The van der Waals surface area contributed by atoms with Crippen molar-refractivity contribution in [1.82, 2.24) is 10.6 Å². The summed E-state index contributed by atoms with van der Waals surface area (Å²) in [5, 5.41) is 18.1. The molecule has 1 aliphatic heterocycles. The summed E-state index contributed by atoms with van der Waals surface area (Å²) < 4.78 is 22.2. The summed E-state index contributed by atoms with van der Waals surface area (Å²) in [4.78, 5) is 8.79. The predicted molar refractivity (Wildman–Crippen MR) is 44.5 cm³/mol. The Morgan fingerprint density at radius 2 is 2.23 bits per heavy atom. The van der Waals surface area contributed by atoms with Crippen LogP contribution in [0.2, 0.25) is 0 Å². The van der Waals surface area contributed by atoms with Crippen LogP contribution in [-0.2, 0) is 10.0 Å². The zero-order chi connectivity index (χ0) is 10.1. The van der Waals surface area contributed by atoms with Crippen LogP contribution in [0.25, 0.3) is 0 Å². The van der Waals surface area contributed by atoms with Crippen molar-refractivity contribution in [1.29, 1.82) is 0 Å². The van der Waals surface area contributed by atoms with Crippen LogP contribution in [-0.4, -0.2) is 37.6 Å². The molecule has 0 aromatic heterocycles. The minimum absolute atomic E-state index is 0.0120. The van der Waals surface area contributed by atoms with Crippen LogP contribution >= 0.6 is 0 Å². The number of hydrogen-bond donors (Lipinski definition) is 4. The number of carbonyl (C=O) groups is 1. The van der Waals surface area contributed by atoms with E-state index >= 15 is 0 Å². The first-order valence-corrected chi connectivity index (χ1v) is 5.16. The topological polar surface area (TPSA) is 122 Å². The highest BCUT2D eigenvalue weighted by molar-refractivity contribution is 7.90. The Morgan fingerprint density at radius 3 is 2.54 bits per heavy atom. The van der Waals surface area contributed by atoms with Gasteiger partial charge < -0.3 is 10.4 Å². The van der Waals surface area contributed by atoms with Crippen molar-refractivity contribution in [3.05, 3.63) is 0 Å². The van der Waals surface area contributed by atoms with Gasteiger partial charge in [0.25, 0.3) is 0 Å². The third kappa shape index (κ3) is 1.90. The van der Waals surface area contributed by atoms with E-state index in [0.717, 1.165) is 0 Å². The number of hydrogen-bond acceptors (Lipinski definition) is 4. The second-order valence-electron chi connectivity index (χ2n) is 2.90. The summed E-state index contributed by atoms with van der Waals surface area (Å²) >= 11 is 0. The van der Waals surface area contributed by atoms with Gasteiger partial charge in [-0.3, -0.25) is 5.32 Å². The fourth-order valence-corrected chi connectivity index (χ4v) is 2.20. The maximum atomic E-state index is 11.1. The lowest BCUT2D eigenvalue weighted by atomic mass is 10.2. The molecule has 0 bridgehead atoms. The lowest BCUT2D eigenvalue weighted by Gasteiger charge is -2.24. The minimum Gasteiger partial charge on any atom is -0.465 e. The maximum absolute atomic E-state index is 11.1. The van der Waals surface area contributed by atoms with Gasteiger partial charge in [0.1, 0.15) is 0 Å². The maximum Gasteiger partial charge on any atom is 0.406 e. The second-order valence-corrected chi connectivity index (χ2v) is 4.77. The van der Waals surface area contributed by atoms with E-state index in [1.54, 1.807) is 0 Å². The van der Waals surface area contributed by atoms with Gasteiger partial charge in [0.2, 0.25) is 10.0 Å². The Hall–Kier alpha value is -0.860. The number of primary sulfonamides is 1. The molecule has 1 atom stereocenters. The van der Waals surface area contributed by atoms with Crippen molar-refractivity contribution in [3.63, 3.8) is 0 Å². The van der Waals surface area contributed by atoms with E-state index in [1.165, 1.54) is 0 Å². The lowest BCUT2D eigenvalue weighted by Crippen LogP contribution is -2.58. The van der Waals surface area contributed by atoms with Crippen molar-refractivity contribution < 1.29 is 18.3 Å². The molecule has 7 nitrogen and oxygen atoms in total. The Kier molecular flexibility index (Phi) is 2.46. The normalized spacial score (nSPS) is 28.7. The molecule has 0 saturated carbocycles. The summed E-state index contributed by atoms with van der Waals surface area (Å²) in [6.45, 7) is 0.439. The smallest absolute Gasteiger partial charge is 0.406 e. The first-order valence-electron chi connectivity index (χ1n) is 3.62. The SMILES string of the molecule is NS(=O)(=O)[C@@]1(NC(=O)O)CCNC1. The Labute approximate surface area is 75.3 Å². The summed E-state index contributed by atoms with van der Waals surface area (Å²) in [7, 11) is -3.91. The highest BCUT2D eigenvalue weighted by Gasteiger charge is 2.45. The average Bonchev–Trinajstić information content (AvgIpc) is 2.33. The summed E-state index contributed by atoms with van der Waals surface area (Å²) in [6.07, 6.45) is -1.24. The molecule has 1 saturated heterocycles. The summed E-state index contributed by atoms with van der Waals surface area (Å²) in [6, 6.07) is 0. The molecule has 0 unspecified atom stereocenters. The van der Waals surface area contributed by atoms with Gasteiger partial charge in [-0.05, 0) is 6.54 Å². The zero-order valence-electron chi connectivity index (χ0n) is 6.78. The van der Waals surface area contributed by atoms with Gasteiger partial charge in [-0.15, -0.1) is 0 Å². The highest BCUT2D eigenvalue weighted by Crippen LogP contribution is 2.19. The monoisotopic (exact) mass is 209 g/mol. The highest BCUT2D eigenvalue weighted by atomic mass is 32.2. The molecular formula is C5H11N3O4S. The van der Waals surface area contributed by atoms with Crippen molar-refractivity contribution >= 4 is 16.1 Å². The molecule has 76 valence electrons. The van der Waals surface area contributed by atoms with Crippen LogP contribution in [0, 0.1) is 0 Å². The lowest BCUT2D eigenvalue weighted by molar-refractivity contribution is 0.187. The standard InChI is InChI=1S/C5H11N3O4S/c6-13(11,12)5(8-4(9)10)1-2-7-3-5/h7-8H,1-3H2,(H,9,10)(H2,6,11,12)/t5-/m0/s1. The summed E-state index contributed by atoms with van der Waals surface area (Å²) in [5.41, 5.74) is 0. The van der Waals surface area contributed by atoms with Crippen LogP contribution in [0.4, 0.5) is 4.79 Å². The van der Waals surface area contributed by atoms with E-state index in [9.17, 15) is 13.2 Å². The number of nitrogens with two attached hydrogens (primary N) is 1. The Morgan fingerprint density at radius 1 is 1.62 bits per heavy atom. The van der Waals surface area contributed by atoms with Gasteiger partial charge >= 0.3 is 6.09 Å². The van der Waals surface area contributed by atoms with Crippen molar-refractivity contribution in [2.24, 2.45) is 5.14 Å². The average molecular weight is 209 g/mol. The van der Waals surface area contributed by atoms with Crippen LogP contribution in [0.1, 0.15) is 6.42 Å². The fourth-order valence-electron chi connectivity index (χ4n) is 1.28. The number of sulfonamides is 1. The first-order chi connectivity index (χ1) is 5.87. The fraction of sp³-hybridized carbons (Fsp3) is 0.800. The third-order valence-corrected chi connectivity index (χ3v) is 3.54. The molecule has 5 N–H and O–H groups in total. The van der Waals surface area contributed by atoms with E-state index < -0.39 is 21.0 Å². The molecule has 0 spiro atoms. The molecule has 1 fully saturated rings. The van der Waals surface area contributed by atoms with E-state index in [2.05, 4.69) is 5.32 Å². The quantitative estimate of drug-likeness (QED) is 0.429. The molecule has 8 heteroatoms. The largest absolute Gasteiger partial charge is 0.465 e. The van der Waals surface area contributed by atoms with Gasteiger partial charge in [0.05, 0.1) is 0 Å². The molecular weight excluding hydrogens is 198 g/mol. The summed E-state index contributed by atoms with van der Waals surface area (Å²) in [5.74, 6) is 0. The van der Waals surface area contributed by atoms with Gasteiger partial charge in [-0.1, -0.05) is 0 Å². The van der Waals surface area contributed by atoms with Crippen LogP contribution in [0.5, 0.6) is 0 Å². The van der Waals surface area contributed by atoms with E-state index in [1.807, 2.05) is 5.32 Å². The van der Waals surface area contributed by atoms with Gasteiger partial charge in [-0.25, -0.2) is 18.4 Å². The predicted octanol–water partition coefficient (Wildman–Crippen LogP) is -1.77. The Bertz CT molecular complexity index is 306. The van der Waals surface area contributed by atoms with Crippen molar-refractivity contribution in [3.8, 4) is 0 Å². The van der Waals surface area contributed by atoms with E-state index in [4.69, 9.17) is 10.2 Å². The van der Waals surface area contributed by atoms with Crippen molar-refractivity contribution in [2.75, 3.05) is 13.1 Å². The zero-order valence-corrected chi connectivity index (χ0v) is 7.60. The molecule has 1 amide bonds. The van der Waals surface area contributed by atoms with E-state index in [-0.39, 0.29) is 13.0 Å². The second kappa shape index (κ2) is 3.13. The molecule has 1 heterocycles. The van der Waals surface area contributed by atoms with Crippen molar-refractivity contribution in [2.45, 2.75) is 11.3 Å². The Balaban J connectivity index is 2.95. The molecule has 0 aromatic carbocycles. The molecule has 1 aliphatic rings. The molecule has 0 aliphatic carbocycles. The number of amides is 1. The molecule has 0 aromatic rings.